The van der Waals surface area contributed by atoms with Gasteiger partial charge in [0, 0.05) is 7.05 Å². The van der Waals surface area contributed by atoms with E-state index in [0.717, 1.165) is 19.1 Å². The summed E-state index contributed by atoms with van der Waals surface area (Å²) in [6.07, 6.45) is 3.76. The summed E-state index contributed by atoms with van der Waals surface area (Å²) in [6.45, 7) is -0.150. The van der Waals surface area contributed by atoms with Gasteiger partial charge in [-0.15, -0.1) is 0 Å². The minimum atomic E-state index is -1.27. The highest BCUT2D eigenvalue weighted by molar-refractivity contribution is 6.59. The number of anilines is 1. The molecule has 1 aromatic carbocycles. The summed E-state index contributed by atoms with van der Waals surface area (Å²) >= 11 is 0. The second-order valence-electron chi connectivity index (χ2n) is 6.54. The Morgan fingerprint density at radius 2 is 2.00 bits per heavy atom. The molecule has 2 rings (SSSR count). The lowest BCUT2D eigenvalue weighted by Crippen LogP contribution is -2.62. The maximum absolute atomic E-state index is 12.8. The number of carbonyl (C=O) groups is 3. The summed E-state index contributed by atoms with van der Waals surface area (Å²) < 4.78 is 12.8. The van der Waals surface area contributed by atoms with E-state index in [1.807, 2.05) is 0 Å². The van der Waals surface area contributed by atoms with Crippen LogP contribution in [0.4, 0.5) is 10.1 Å². The van der Waals surface area contributed by atoms with Crippen LogP contribution >= 0.6 is 0 Å². The van der Waals surface area contributed by atoms with Crippen LogP contribution in [-0.2, 0) is 14.4 Å². The number of rotatable bonds is 11. The van der Waals surface area contributed by atoms with Gasteiger partial charge in [-0.05, 0) is 36.6 Å². The van der Waals surface area contributed by atoms with E-state index >= 15 is 0 Å². The number of amides is 3. The van der Waals surface area contributed by atoms with Gasteiger partial charge in [-0.25, -0.2) is 4.39 Å². The molecule has 5 N–H and O–H groups in total. The van der Waals surface area contributed by atoms with Gasteiger partial charge in [0.05, 0.1) is 18.4 Å². The Morgan fingerprint density at radius 1 is 1.32 bits per heavy atom. The van der Waals surface area contributed by atoms with Crippen molar-refractivity contribution >= 4 is 35.8 Å². The predicted octanol–water partition coefficient (Wildman–Crippen LogP) is 0.390. The molecular formula is C18H23FN6O3. The van der Waals surface area contributed by atoms with Gasteiger partial charge in [-0.2, -0.15) is 5.10 Å². The molecule has 10 heteroatoms. The van der Waals surface area contributed by atoms with Crippen LogP contribution in [0.1, 0.15) is 19.3 Å². The monoisotopic (exact) mass is 390 g/mol. The van der Waals surface area contributed by atoms with Crippen molar-refractivity contribution in [2.75, 3.05) is 19.0 Å². The van der Waals surface area contributed by atoms with Crippen molar-refractivity contribution in [1.29, 1.82) is 5.41 Å². The Morgan fingerprint density at radius 3 is 2.57 bits per heavy atom. The highest BCUT2D eigenvalue weighted by atomic mass is 19.1. The molecule has 150 valence electrons. The molecule has 1 aliphatic carbocycles. The molecular weight excluding hydrogens is 367 g/mol. The summed E-state index contributed by atoms with van der Waals surface area (Å²) in [5.41, 5.74) is 1.35. The van der Waals surface area contributed by atoms with Crippen LogP contribution in [0.2, 0.25) is 0 Å². The third-order valence-electron chi connectivity index (χ3n) is 4.36. The lowest BCUT2D eigenvalue weighted by molar-refractivity contribution is -0.130. The summed E-state index contributed by atoms with van der Waals surface area (Å²) in [5.74, 6) is -1.25. The van der Waals surface area contributed by atoms with Gasteiger partial charge in [0.1, 0.15) is 17.1 Å². The molecule has 0 heterocycles. The van der Waals surface area contributed by atoms with Gasteiger partial charge in [0.15, 0.2) is 0 Å². The fourth-order valence-corrected chi connectivity index (χ4v) is 2.67. The smallest absolute Gasteiger partial charge is 0.270 e. The Labute approximate surface area is 161 Å². The molecule has 1 aliphatic rings. The standard InChI is InChI=1S/C18H23FN6O3/c1-21-17(28)18(23-11-26,8-12-2-3-12)10-22-16(27)15(20)9-24-25-14-6-4-13(19)5-7-14/h4-7,9,11-12,20,25H,2-3,8,10H2,1H3,(H,21,28)(H,22,27)(H,23,26)/b20-15?,24-9-. The molecule has 0 spiro atoms. The lowest BCUT2D eigenvalue weighted by atomic mass is 9.91. The molecule has 1 aromatic rings. The summed E-state index contributed by atoms with van der Waals surface area (Å²) in [5, 5.41) is 19.0. The van der Waals surface area contributed by atoms with Crippen LogP contribution < -0.4 is 21.4 Å². The van der Waals surface area contributed by atoms with E-state index in [0.29, 0.717) is 24.4 Å². The first-order valence-electron chi connectivity index (χ1n) is 8.75. The van der Waals surface area contributed by atoms with E-state index in [-0.39, 0.29) is 6.54 Å². The zero-order valence-corrected chi connectivity index (χ0v) is 15.4. The fourth-order valence-electron chi connectivity index (χ4n) is 2.67. The molecule has 9 nitrogen and oxygen atoms in total. The van der Waals surface area contributed by atoms with Gasteiger partial charge in [0.2, 0.25) is 12.3 Å². The zero-order chi connectivity index (χ0) is 20.6. The minimum absolute atomic E-state index is 0.150. The highest BCUT2D eigenvalue weighted by Gasteiger charge is 2.42. The van der Waals surface area contributed by atoms with Gasteiger partial charge in [-0.1, -0.05) is 12.8 Å². The maximum atomic E-state index is 12.8. The number of hydrogen-bond acceptors (Lipinski definition) is 6. The number of benzene rings is 1. The number of nitrogens with one attached hydrogen (secondary N) is 5. The largest absolute Gasteiger partial charge is 0.357 e. The molecule has 28 heavy (non-hydrogen) atoms. The van der Waals surface area contributed by atoms with E-state index in [2.05, 4.69) is 26.5 Å². The third kappa shape index (κ3) is 5.86. The van der Waals surface area contributed by atoms with Crippen LogP contribution in [0, 0.1) is 17.1 Å². The summed E-state index contributed by atoms with van der Waals surface area (Å²) in [7, 11) is 1.45. The first-order chi connectivity index (χ1) is 13.4. The predicted molar refractivity (Wildman–Crippen MR) is 103 cm³/mol. The van der Waals surface area contributed by atoms with Crippen LogP contribution in [0.25, 0.3) is 0 Å². The normalized spacial score (nSPS) is 15.4. The van der Waals surface area contributed by atoms with Crippen molar-refractivity contribution < 1.29 is 18.8 Å². The zero-order valence-electron chi connectivity index (χ0n) is 15.4. The number of hydrazone groups is 1. The van der Waals surface area contributed by atoms with Crippen LogP contribution in [0.15, 0.2) is 29.4 Å². The maximum Gasteiger partial charge on any atom is 0.270 e. The second kappa shape index (κ2) is 9.58. The Hall–Kier alpha value is -3.30. The van der Waals surface area contributed by atoms with E-state index in [1.165, 1.54) is 31.3 Å². The number of halogens is 1. The van der Waals surface area contributed by atoms with E-state index in [1.54, 1.807) is 0 Å². The average Bonchev–Trinajstić information content (AvgIpc) is 3.50. The first kappa shape index (κ1) is 21.0. The Balaban J connectivity index is 1.93. The van der Waals surface area contributed by atoms with E-state index < -0.39 is 28.9 Å². The van der Waals surface area contributed by atoms with Crippen molar-refractivity contribution in [3.63, 3.8) is 0 Å². The van der Waals surface area contributed by atoms with Gasteiger partial charge in [0.25, 0.3) is 5.91 Å². The average molecular weight is 390 g/mol. The van der Waals surface area contributed by atoms with Crippen molar-refractivity contribution in [2.45, 2.75) is 24.8 Å². The summed E-state index contributed by atoms with van der Waals surface area (Å²) in [4.78, 5) is 35.5. The molecule has 1 atom stereocenters. The molecule has 0 bridgehead atoms. The number of hydrogen-bond donors (Lipinski definition) is 5. The topological polar surface area (TPSA) is 136 Å². The van der Waals surface area contributed by atoms with Crippen molar-refractivity contribution in [3.05, 3.63) is 30.1 Å². The van der Waals surface area contributed by atoms with Crippen LogP contribution in [0.3, 0.4) is 0 Å². The Kier molecular flexibility index (Phi) is 7.19. The van der Waals surface area contributed by atoms with Gasteiger partial charge in [-0.3, -0.25) is 25.2 Å². The van der Waals surface area contributed by atoms with Crippen molar-refractivity contribution in [3.8, 4) is 0 Å². The van der Waals surface area contributed by atoms with Crippen molar-refractivity contribution in [1.82, 2.24) is 16.0 Å². The quantitative estimate of drug-likeness (QED) is 0.212. The summed E-state index contributed by atoms with van der Waals surface area (Å²) in [6, 6.07) is 5.40. The van der Waals surface area contributed by atoms with Gasteiger partial charge < -0.3 is 16.0 Å². The van der Waals surface area contributed by atoms with Gasteiger partial charge >= 0.3 is 0 Å². The highest BCUT2D eigenvalue weighted by Crippen LogP contribution is 2.36. The fraction of sp³-hybridized carbons (Fsp3) is 0.389. The van der Waals surface area contributed by atoms with E-state index in [9.17, 15) is 18.8 Å². The van der Waals surface area contributed by atoms with E-state index in [4.69, 9.17) is 5.41 Å². The van der Waals surface area contributed by atoms with Crippen molar-refractivity contribution in [2.24, 2.45) is 11.0 Å². The third-order valence-corrected chi connectivity index (χ3v) is 4.36. The number of likely N-dealkylation sites (N-methyl/N-ethyl adjacent to an activating group) is 1. The van der Waals surface area contributed by atoms with Crippen LogP contribution in [-0.4, -0.2) is 49.3 Å². The molecule has 1 unspecified atom stereocenters. The SMILES string of the molecule is CNC(=O)C(CNC(=O)C(=N)/C=N\Nc1ccc(F)cc1)(CC1CC1)NC=O. The number of nitrogens with zero attached hydrogens (tertiary/aromatic N) is 1. The first-order valence-corrected chi connectivity index (χ1v) is 8.75. The molecule has 0 aliphatic heterocycles. The molecule has 3 amide bonds. The molecule has 0 saturated heterocycles. The molecule has 0 aromatic heterocycles. The molecule has 0 radical (unpaired) electrons. The lowest BCUT2D eigenvalue weighted by Gasteiger charge is -2.31. The number of carbonyl (C=O) groups excluding carboxylic acids is 3. The molecule has 1 fully saturated rings. The Bertz CT molecular complexity index is 763. The van der Waals surface area contributed by atoms with Crippen LogP contribution in [0.5, 0.6) is 0 Å². The molecule has 1 saturated carbocycles. The minimum Gasteiger partial charge on any atom is -0.357 e. The second-order valence-corrected chi connectivity index (χ2v) is 6.54.